The van der Waals surface area contributed by atoms with E-state index in [1.807, 2.05) is 32.1 Å². The summed E-state index contributed by atoms with van der Waals surface area (Å²) in [5, 5.41) is 0. The first kappa shape index (κ1) is 10.6. The molecule has 0 unspecified atom stereocenters. The molecule has 0 heterocycles. The Bertz CT molecular complexity index is 340. The van der Waals surface area contributed by atoms with Crippen molar-refractivity contribution in [3.63, 3.8) is 0 Å². The Morgan fingerprint density at radius 2 is 1.86 bits per heavy atom. The molecule has 14 heavy (non-hydrogen) atoms. The molecule has 0 aliphatic carbocycles. The molecule has 1 aromatic rings. The molecule has 0 N–H and O–H groups in total. The Balaban J connectivity index is 3.23. The molecule has 0 saturated heterocycles. The van der Waals surface area contributed by atoms with Crippen LogP contribution in [0.15, 0.2) is 18.2 Å². The quantitative estimate of drug-likeness (QED) is 0.732. The zero-order valence-electron chi connectivity index (χ0n) is 9.13. The van der Waals surface area contributed by atoms with Crippen LogP contribution in [-0.4, -0.2) is 14.2 Å². The van der Waals surface area contributed by atoms with Crippen LogP contribution in [-0.2, 0) is 0 Å². The molecular formula is C12H16O2. The second-order valence-electron chi connectivity index (χ2n) is 3.07. The molecule has 0 aromatic heterocycles. The van der Waals surface area contributed by atoms with Crippen LogP contribution in [0.4, 0.5) is 0 Å². The minimum Gasteiger partial charge on any atom is -0.493 e. The first-order chi connectivity index (χ1) is 6.72. The zero-order valence-corrected chi connectivity index (χ0v) is 9.13. The lowest BCUT2D eigenvalue weighted by molar-refractivity contribution is 0.353. The fourth-order valence-corrected chi connectivity index (χ4v) is 1.47. The average Bonchev–Trinajstić information content (AvgIpc) is 2.17. The predicted molar refractivity (Wildman–Crippen MR) is 59.0 cm³/mol. The molecule has 0 fully saturated rings. The zero-order chi connectivity index (χ0) is 10.6. The molecule has 76 valence electrons. The molecule has 0 bridgehead atoms. The molecule has 0 aliphatic heterocycles. The van der Waals surface area contributed by atoms with E-state index in [2.05, 4.69) is 6.07 Å². The van der Waals surface area contributed by atoms with Crippen molar-refractivity contribution < 1.29 is 9.47 Å². The highest BCUT2D eigenvalue weighted by atomic mass is 16.5. The van der Waals surface area contributed by atoms with Crippen LogP contribution >= 0.6 is 0 Å². The summed E-state index contributed by atoms with van der Waals surface area (Å²) in [4.78, 5) is 0. The number of hydrogen-bond donors (Lipinski definition) is 0. The summed E-state index contributed by atoms with van der Waals surface area (Å²) in [6.45, 7) is 4.00. The van der Waals surface area contributed by atoms with Gasteiger partial charge in [-0.25, -0.2) is 0 Å². The summed E-state index contributed by atoms with van der Waals surface area (Å²) >= 11 is 0. The minimum atomic E-state index is 0.778. The number of hydrogen-bond acceptors (Lipinski definition) is 2. The second kappa shape index (κ2) is 4.70. The van der Waals surface area contributed by atoms with Gasteiger partial charge in [0.05, 0.1) is 14.2 Å². The Hall–Kier alpha value is -1.44. The second-order valence-corrected chi connectivity index (χ2v) is 3.07. The van der Waals surface area contributed by atoms with Gasteiger partial charge in [-0.15, -0.1) is 0 Å². The molecule has 0 atom stereocenters. The number of allylic oxidation sites excluding steroid dienone is 1. The number of ether oxygens (including phenoxy) is 2. The Morgan fingerprint density at radius 3 is 2.36 bits per heavy atom. The third kappa shape index (κ3) is 2.08. The van der Waals surface area contributed by atoms with Gasteiger partial charge in [-0.2, -0.15) is 0 Å². The molecule has 0 radical (unpaired) electrons. The molecule has 0 aliphatic rings. The largest absolute Gasteiger partial charge is 0.493 e. The van der Waals surface area contributed by atoms with E-state index in [9.17, 15) is 0 Å². The molecule has 2 nitrogen and oxygen atoms in total. The minimum absolute atomic E-state index is 0.778. The van der Waals surface area contributed by atoms with Crippen molar-refractivity contribution in [2.24, 2.45) is 0 Å². The van der Waals surface area contributed by atoms with Gasteiger partial charge in [-0.1, -0.05) is 12.2 Å². The van der Waals surface area contributed by atoms with E-state index in [0.717, 1.165) is 22.6 Å². The highest BCUT2D eigenvalue weighted by molar-refractivity contribution is 5.58. The molecule has 0 saturated carbocycles. The standard InChI is InChI=1S/C12H16O2/c1-5-6-10-7-9(2)12(14-4)11(8-10)13-3/h5-8H,1-4H3. The SMILES string of the molecule is CC=Cc1cc(C)c(OC)c(OC)c1. The smallest absolute Gasteiger partial charge is 0.163 e. The molecule has 0 spiro atoms. The lowest BCUT2D eigenvalue weighted by Crippen LogP contribution is -1.93. The van der Waals surface area contributed by atoms with Crippen LogP contribution < -0.4 is 9.47 Å². The van der Waals surface area contributed by atoms with Gasteiger partial charge in [0, 0.05) is 0 Å². The first-order valence-corrected chi connectivity index (χ1v) is 4.58. The molecule has 2 heteroatoms. The van der Waals surface area contributed by atoms with Crippen molar-refractivity contribution in [1.29, 1.82) is 0 Å². The fourth-order valence-electron chi connectivity index (χ4n) is 1.47. The van der Waals surface area contributed by atoms with Gasteiger partial charge in [0.25, 0.3) is 0 Å². The summed E-state index contributed by atoms with van der Waals surface area (Å²) in [6.07, 6.45) is 4.04. The van der Waals surface area contributed by atoms with Crippen molar-refractivity contribution in [3.05, 3.63) is 29.3 Å². The maximum Gasteiger partial charge on any atom is 0.163 e. The van der Waals surface area contributed by atoms with Crippen LogP contribution in [0.3, 0.4) is 0 Å². The van der Waals surface area contributed by atoms with Crippen molar-refractivity contribution >= 4 is 6.08 Å². The van der Waals surface area contributed by atoms with Crippen LogP contribution in [0.25, 0.3) is 6.08 Å². The monoisotopic (exact) mass is 192 g/mol. The summed E-state index contributed by atoms with van der Waals surface area (Å²) < 4.78 is 10.5. The van der Waals surface area contributed by atoms with E-state index in [4.69, 9.17) is 9.47 Å². The molecule has 1 rings (SSSR count). The van der Waals surface area contributed by atoms with Crippen molar-refractivity contribution in [3.8, 4) is 11.5 Å². The van der Waals surface area contributed by atoms with Crippen molar-refractivity contribution in [1.82, 2.24) is 0 Å². The van der Waals surface area contributed by atoms with Crippen LogP contribution in [0, 0.1) is 6.92 Å². The van der Waals surface area contributed by atoms with Gasteiger partial charge >= 0.3 is 0 Å². The van der Waals surface area contributed by atoms with Crippen LogP contribution in [0.1, 0.15) is 18.1 Å². The lowest BCUT2D eigenvalue weighted by atomic mass is 10.1. The number of methoxy groups -OCH3 is 2. The highest BCUT2D eigenvalue weighted by Gasteiger charge is 2.07. The topological polar surface area (TPSA) is 18.5 Å². The van der Waals surface area contributed by atoms with E-state index < -0.39 is 0 Å². The van der Waals surface area contributed by atoms with Crippen LogP contribution in [0.2, 0.25) is 0 Å². The Morgan fingerprint density at radius 1 is 1.14 bits per heavy atom. The number of rotatable bonds is 3. The molecular weight excluding hydrogens is 176 g/mol. The van der Waals surface area contributed by atoms with Crippen molar-refractivity contribution in [2.45, 2.75) is 13.8 Å². The van der Waals surface area contributed by atoms with E-state index in [1.54, 1.807) is 14.2 Å². The fraction of sp³-hybridized carbons (Fsp3) is 0.333. The van der Waals surface area contributed by atoms with Gasteiger partial charge < -0.3 is 9.47 Å². The van der Waals surface area contributed by atoms with Crippen LogP contribution in [0.5, 0.6) is 11.5 Å². The van der Waals surface area contributed by atoms with E-state index in [0.29, 0.717) is 0 Å². The summed E-state index contributed by atoms with van der Waals surface area (Å²) in [7, 11) is 3.30. The lowest BCUT2D eigenvalue weighted by Gasteiger charge is -2.11. The predicted octanol–water partition coefficient (Wildman–Crippen LogP) is 3.05. The highest BCUT2D eigenvalue weighted by Crippen LogP contribution is 2.32. The summed E-state index contributed by atoms with van der Waals surface area (Å²) in [6, 6.07) is 4.03. The maximum atomic E-state index is 5.25. The average molecular weight is 192 g/mol. The third-order valence-electron chi connectivity index (χ3n) is 2.05. The van der Waals surface area contributed by atoms with Crippen molar-refractivity contribution in [2.75, 3.05) is 14.2 Å². The molecule has 0 amide bonds. The van der Waals surface area contributed by atoms with E-state index in [1.165, 1.54) is 0 Å². The van der Waals surface area contributed by atoms with Gasteiger partial charge in [-0.3, -0.25) is 0 Å². The van der Waals surface area contributed by atoms with Gasteiger partial charge in [0.15, 0.2) is 11.5 Å². The van der Waals surface area contributed by atoms with E-state index >= 15 is 0 Å². The molecule has 1 aromatic carbocycles. The number of benzene rings is 1. The Kier molecular flexibility index (Phi) is 3.57. The van der Waals surface area contributed by atoms with Gasteiger partial charge in [-0.05, 0) is 37.1 Å². The normalized spacial score (nSPS) is 10.6. The number of aryl methyl sites for hydroxylation is 1. The van der Waals surface area contributed by atoms with E-state index in [-0.39, 0.29) is 0 Å². The van der Waals surface area contributed by atoms with Gasteiger partial charge in [0.1, 0.15) is 0 Å². The summed E-state index contributed by atoms with van der Waals surface area (Å²) in [5.41, 5.74) is 2.21. The Labute approximate surface area is 85.2 Å². The maximum absolute atomic E-state index is 5.25. The summed E-state index contributed by atoms with van der Waals surface area (Å²) in [5.74, 6) is 1.58. The van der Waals surface area contributed by atoms with Gasteiger partial charge in [0.2, 0.25) is 0 Å². The third-order valence-corrected chi connectivity index (χ3v) is 2.05. The first-order valence-electron chi connectivity index (χ1n) is 4.58.